The number of benzene rings is 1. The minimum absolute atomic E-state index is 0. The molecule has 4 aromatic rings. The van der Waals surface area contributed by atoms with Gasteiger partial charge in [-0.3, -0.25) is 29.4 Å². The molecule has 16 nitrogen and oxygen atoms in total. The van der Waals surface area contributed by atoms with E-state index in [9.17, 15) is 24.0 Å². The van der Waals surface area contributed by atoms with Crippen molar-refractivity contribution in [3.8, 4) is 0 Å². The van der Waals surface area contributed by atoms with E-state index in [2.05, 4.69) is 26.6 Å². The first-order valence-electron chi connectivity index (χ1n) is 14.4. The van der Waals surface area contributed by atoms with Gasteiger partial charge in [0.15, 0.2) is 6.10 Å². The monoisotopic (exact) mass is 678 g/mol. The summed E-state index contributed by atoms with van der Waals surface area (Å²) in [5.41, 5.74) is 8.20. The van der Waals surface area contributed by atoms with E-state index in [1.165, 1.54) is 18.2 Å². The van der Waals surface area contributed by atoms with Crippen LogP contribution < -0.4 is 32.3 Å². The predicted octanol–water partition coefficient (Wildman–Crippen LogP) is 2.27. The van der Waals surface area contributed by atoms with Gasteiger partial charge in [-0.1, -0.05) is 0 Å². The highest BCUT2D eigenvalue weighted by molar-refractivity contribution is 6.09. The maximum atomic E-state index is 13.1. The van der Waals surface area contributed by atoms with Crippen LogP contribution in [-0.2, 0) is 30.7 Å². The van der Waals surface area contributed by atoms with Gasteiger partial charge in [0.2, 0.25) is 0 Å². The largest absolute Gasteiger partial charge is 0.388 e. The highest BCUT2D eigenvalue weighted by Gasteiger charge is 2.31. The zero-order valence-electron chi connectivity index (χ0n) is 26.2. The number of nitrogens with two attached hydrogens (primary N) is 1. The van der Waals surface area contributed by atoms with Crippen LogP contribution in [0.15, 0.2) is 61.1 Å². The van der Waals surface area contributed by atoms with Crippen molar-refractivity contribution >= 4 is 70.5 Å². The normalized spacial score (nSPS) is 13.1. The number of hydrogen-bond donors (Lipinski definition) is 7. The number of epoxide rings is 1. The summed E-state index contributed by atoms with van der Waals surface area (Å²) in [5, 5.41) is 20.9. The Hall–Kier alpha value is -5.87. The predicted molar refractivity (Wildman–Crippen MR) is 181 cm³/mol. The Kier molecular flexibility index (Phi) is 10.7. The molecule has 1 aliphatic heterocycles. The molecule has 5 rings (SSSR count). The van der Waals surface area contributed by atoms with E-state index in [0.717, 1.165) is 0 Å². The standard InChI is InChI=1S/C31H34N10O6.ClH/c1-39-14-20(10-22(39)28(43)34-9-8-26(32)33)37-30(45)24-12-21(15-41(24)3)38-29(44)23-11-19(13-40(23)2)36-27(42)17-4-6-18(7-5-17)35-31(46)25-16-47-25;/h4-7,10-15,25H,8-9,16H2,1-3H3,(H3,32,33)(H,34,43)(H,35,46)(H,36,42)(H,37,45)(H,38,44);1H. The van der Waals surface area contributed by atoms with Crippen LogP contribution in [0.1, 0.15) is 48.2 Å². The van der Waals surface area contributed by atoms with E-state index in [0.29, 0.717) is 40.6 Å². The van der Waals surface area contributed by atoms with Crippen LogP contribution in [0.3, 0.4) is 0 Å². The summed E-state index contributed by atoms with van der Waals surface area (Å²) in [6, 6.07) is 10.9. The molecule has 1 aliphatic rings. The summed E-state index contributed by atoms with van der Waals surface area (Å²) in [7, 11) is 4.98. The van der Waals surface area contributed by atoms with Crippen LogP contribution in [0.4, 0.5) is 22.7 Å². The summed E-state index contributed by atoms with van der Waals surface area (Å²) in [6.07, 6.45) is 4.58. The number of anilines is 4. The van der Waals surface area contributed by atoms with E-state index in [1.807, 2.05) is 0 Å². The molecule has 1 fully saturated rings. The topological polar surface area (TPSA) is 223 Å². The Bertz CT molecular complexity index is 1890. The van der Waals surface area contributed by atoms with Crippen LogP contribution in [0.5, 0.6) is 0 Å². The van der Waals surface area contributed by atoms with E-state index < -0.39 is 23.8 Å². The number of halogens is 1. The van der Waals surface area contributed by atoms with Gasteiger partial charge in [-0.15, -0.1) is 12.4 Å². The fraction of sp³-hybridized carbons (Fsp3) is 0.226. The van der Waals surface area contributed by atoms with E-state index in [4.69, 9.17) is 15.9 Å². The molecule has 1 unspecified atom stereocenters. The molecule has 4 heterocycles. The molecule has 252 valence electrons. The van der Waals surface area contributed by atoms with Crippen LogP contribution in [0.25, 0.3) is 0 Å². The third-order valence-corrected chi connectivity index (χ3v) is 7.21. The molecular weight excluding hydrogens is 644 g/mol. The van der Waals surface area contributed by atoms with Gasteiger partial charge < -0.3 is 50.8 Å². The fourth-order valence-electron chi connectivity index (χ4n) is 4.70. The Morgan fingerprint density at radius 1 is 0.729 bits per heavy atom. The van der Waals surface area contributed by atoms with Crippen molar-refractivity contribution < 1.29 is 28.7 Å². The third-order valence-electron chi connectivity index (χ3n) is 7.21. The first kappa shape index (κ1) is 35.0. The molecular formula is C31H35ClN10O6. The second-order valence-corrected chi connectivity index (χ2v) is 11.0. The van der Waals surface area contributed by atoms with Crippen molar-refractivity contribution in [2.75, 3.05) is 34.4 Å². The fourth-order valence-corrected chi connectivity index (χ4v) is 4.70. The van der Waals surface area contributed by atoms with Crippen molar-refractivity contribution in [2.45, 2.75) is 12.5 Å². The Balaban J connectivity index is 0.00000520. The van der Waals surface area contributed by atoms with Gasteiger partial charge in [0.1, 0.15) is 17.1 Å². The highest BCUT2D eigenvalue weighted by atomic mass is 35.5. The van der Waals surface area contributed by atoms with Crippen molar-refractivity contribution in [3.63, 3.8) is 0 Å². The third kappa shape index (κ3) is 8.48. The molecule has 1 atom stereocenters. The minimum atomic E-state index is -0.464. The van der Waals surface area contributed by atoms with Gasteiger partial charge in [-0.25, -0.2) is 0 Å². The molecule has 0 radical (unpaired) electrons. The molecule has 1 aromatic carbocycles. The molecule has 48 heavy (non-hydrogen) atoms. The first-order valence-corrected chi connectivity index (χ1v) is 14.4. The number of nitrogens with one attached hydrogen (secondary N) is 6. The molecule has 1 saturated heterocycles. The number of hydrogen-bond acceptors (Lipinski definition) is 7. The maximum absolute atomic E-state index is 13.1. The Morgan fingerprint density at radius 3 is 1.60 bits per heavy atom. The summed E-state index contributed by atoms with van der Waals surface area (Å²) < 4.78 is 9.63. The van der Waals surface area contributed by atoms with Crippen LogP contribution in [0, 0.1) is 5.41 Å². The maximum Gasteiger partial charge on any atom is 0.272 e. The lowest BCUT2D eigenvalue weighted by Gasteiger charge is -2.06. The molecule has 8 N–H and O–H groups in total. The second-order valence-electron chi connectivity index (χ2n) is 11.0. The number of amidine groups is 1. The smallest absolute Gasteiger partial charge is 0.272 e. The van der Waals surface area contributed by atoms with Gasteiger partial charge in [0.25, 0.3) is 29.5 Å². The van der Waals surface area contributed by atoms with Crippen molar-refractivity contribution in [2.24, 2.45) is 26.9 Å². The van der Waals surface area contributed by atoms with Crippen LogP contribution >= 0.6 is 12.4 Å². The number of carbonyl (C=O) groups excluding carboxylic acids is 5. The molecule has 5 amide bonds. The molecule has 0 bridgehead atoms. The molecule has 0 spiro atoms. The van der Waals surface area contributed by atoms with Gasteiger partial charge in [-0.05, 0) is 42.5 Å². The van der Waals surface area contributed by atoms with Crippen molar-refractivity contribution in [3.05, 3.63) is 83.7 Å². The Labute approximate surface area is 280 Å². The molecule has 17 heteroatoms. The van der Waals surface area contributed by atoms with E-state index in [1.54, 1.807) is 77.7 Å². The van der Waals surface area contributed by atoms with Gasteiger partial charge in [0.05, 0.1) is 29.5 Å². The average Bonchev–Trinajstić information content (AvgIpc) is 3.58. The van der Waals surface area contributed by atoms with Crippen LogP contribution in [-0.4, -0.2) is 68.3 Å². The summed E-state index contributed by atoms with van der Waals surface area (Å²) >= 11 is 0. The number of nitrogens with zero attached hydrogens (tertiary/aromatic N) is 3. The first-order chi connectivity index (χ1) is 22.4. The summed E-state index contributed by atoms with van der Waals surface area (Å²) in [6.45, 7) is 0.615. The van der Waals surface area contributed by atoms with Gasteiger partial charge in [-0.2, -0.15) is 0 Å². The lowest BCUT2D eigenvalue weighted by Crippen LogP contribution is -2.28. The van der Waals surface area contributed by atoms with E-state index >= 15 is 0 Å². The summed E-state index contributed by atoms with van der Waals surface area (Å²) in [4.78, 5) is 63.3. The number of aryl methyl sites for hydroxylation is 3. The Morgan fingerprint density at radius 2 is 1.17 bits per heavy atom. The van der Waals surface area contributed by atoms with Crippen molar-refractivity contribution in [1.29, 1.82) is 5.41 Å². The number of ether oxygens (including phenoxy) is 1. The lowest BCUT2D eigenvalue weighted by atomic mass is 10.2. The van der Waals surface area contributed by atoms with E-state index in [-0.39, 0.29) is 54.4 Å². The minimum Gasteiger partial charge on any atom is -0.388 e. The highest BCUT2D eigenvalue weighted by Crippen LogP contribution is 2.21. The van der Waals surface area contributed by atoms with Gasteiger partial charge in [0, 0.05) is 63.9 Å². The second kappa shape index (κ2) is 14.7. The van der Waals surface area contributed by atoms with Crippen molar-refractivity contribution in [1.82, 2.24) is 19.0 Å². The van der Waals surface area contributed by atoms with Gasteiger partial charge >= 0.3 is 0 Å². The molecule has 0 aliphatic carbocycles. The number of carbonyl (C=O) groups is 5. The zero-order valence-corrected chi connectivity index (χ0v) is 27.1. The zero-order chi connectivity index (χ0) is 33.8. The lowest BCUT2D eigenvalue weighted by molar-refractivity contribution is -0.117. The summed E-state index contributed by atoms with van der Waals surface area (Å²) in [5.74, 6) is -1.97. The SMILES string of the molecule is Cl.Cn1cc(NC(=O)c2cc(NC(=O)c3cc(NC(=O)c4ccc(NC(=O)C5CO5)cc4)cn3C)cn2C)cc1C(=O)NCCC(=N)N. The quantitative estimate of drug-likeness (QED) is 0.0672. The average molecular weight is 679 g/mol. The number of aromatic nitrogens is 3. The van der Waals surface area contributed by atoms with Crippen LogP contribution in [0.2, 0.25) is 0 Å². The molecule has 0 saturated carbocycles. The molecule has 3 aromatic heterocycles. The number of amides is 5. The number of rotatable bonds is 12.